The summed E-state index contributed by atoms with van der Waals surface area (Å²) in [6.07, 6.45) is 0.174. The van der Waals surface area contributed by atoms with Crippen molar-refractivity contribution in [3.05, 3.63) is 29.8 Å². The maximum Gasteiger partial charge on any atom is 0.328 e. The SMILES string of the molecule is COC(=O)[C@H](C[C@H](C)C#N)NC(=O)c1ccc(O)cc1. The molecule has 0 saturated carbocycles. The predicted octanol–water partition coefficient (Wildman–Crippen LogP) is 1.21. The summed E-state index contributed by atoms with van der Waals surface area (Å²) in [5, 5.41) is 20.5. The number of amides is 1. The monoisotopic (exact) mass is 276 g/mol. The van der Waals surface area contributed by atoms with Crippen LogP contribution in [-0.2, 0) is 9.53 Å². The lowest BCUT2D eigenvalue weighted by molar-refractivity contribution is -0.143. The van der Waals surface area contributed by atoms with Crippen LogP contribution in [0.1, 0.15) is 23.7 Å². The van der Waals surface area contributed by atoms with E-state index in [1.807, 2.05) is 6.07 Å². The quantitative estimate of drug-likeness (QED) is 0.787. The van der Waals surface area contributed by atoms with Crippen LogP contribution in [0.3, 0.4) is 0 Å². The molecule has 6 heteroatoms. The van der Waals surface area contributed by atoms with Crippen LogP contribution in [0.15, 0.2) is 24.3 Å². The van der Waals surface area contributed by atoms with Gasteiger partial charge in [-0.05, 0) is 37.6 Å². The standard InChI is InChI=1S/C14H16N2O4/c1-9(8-15)7-12(14(19)20-2)16-13(18)10-3-5-11(17)6-4-10/h3-6,9,12,17H,7H2,1-2H3,(H,16,18)/t9-,12-/m0/s1. The van der Waals surface area contributed by atoms with Gasteiger partial charge in [0.25, 0.3) is 5.91 Å². The molecule has 20 heavy (non-hydrogen) atoms. The zero-order valence-electron chi connectivity index (χ0n) is 11.3. The van der Waals surface area contributed by atoms with Gasteiger partial charge in [-0.25, -0.2) is 4.79 Å². The van der Waals surface area contributed by atoms with E-state index in [0.29, 0.717) is 5.56 Å². The van der Waals surface area contributed by atoms with E-state index in [4.69, 9.17) is 10.4 Å². The fourth-order valence-corrected chi connectivity index (χ4v) is 1.62. The Balaban J connectivity index is 2.78. The molecule has 0 aromatic heterocycles. The fraction of sp³-hybridized carbons (Fsp3) is 0.357. The number of hydrogen-bond acceptors (Lipinski definition) is 5. The van der Waals surface area contributed by atoms with Crippen molar-refractivity contribution >= 4 is 11.9 Å². The molecule has 106 valence electrons. The lowest BCUT2D eigenvalue weighted by Crippen LogP contribution is -2.42. The van der Waals surface area contributed by atoms with Crippen molar-refractivity contribution < 1.29 is 19.4 Å². The lowest BCUT2D eigenvalue weighted by Gasteiger charge is -2.17. The highest BCUT2D eigenvalue weighted by Gasteiger charge is 2.24. The van der Waals surface area contributed by atoms with Gasteiger partial charge in [0, 0.05) is 11.5 Å². The van der Waals surface area contributed by atoms with Crippen LogP contribution in [-0.4, -0.2) is 30.1 Å². The first kappa shape index (κ1) is 15.5. The molecule has 0 aliphatic rings. The third-order valence-corrected chi connectivity index (χ3v) is 2.73. The molecular weight excluding hydrogens is 260 g/mol. The van der Waals surface area contributed by atoms with Gasteiger partial charge in [-0.3, -0.25) is 4.79 Å². The van der Waals surface area contributed by atoms with Gasteiger partial charge in [-0.1, -0.05) is 0 Å². The number of carbonyl (C=O) groups excluding carboxylic acids is 2. The first-order valence-corrected chi connectivity index (χ1v) is 6.05. The highest BCUT2D eigenvalue weighted by atomic mass is 16.5. The predicted molar refractivity (Wildman–Crippen MR) is 70.8 cm³/mol. The number of esters is 1. The number of phenolic OH excluding ortho intramolecular Hbond substituents is 1. The Bertz CT molecular complexity index is 519. The normalized spacial score (nSPS) is 12.8. The summed E-state index contributed by atoms with van der Waals surface area (Å²) >= 11 is 0. The minimum Gasteiger partial charge on any atom is -0.508 e. The van der Waals surface area contributed by atoms with Crippen molar-refractivity contribution in [2.24, 2.45) is 5.92 Å². The summed E-state index contributed by atoms with van der Waals surface area (Å²) in [5.41, 5.74) is 0.307. The second kappa shape index (κ2) is 7.14. The Morgan fingerprint density at radius 2 is 2.00 bits per heavy atom. The van der Waals surface area contributed by atoms with Crippen LogP contribution >= 0.6 is 0 Å². The van der Waals surface area contributed by atoms with E-state index in [0.717, 1.165) is 0 Å². The van der Waals surface area contributed by atoms with Crippen molar-refractivity contribution in [2.75, 3.05) is 7.11 Å². The molecule has 0 saturated heterocycles. The van der Waals surface area contributed by atoms with Crippen LogP contribution in [0.25, 0.3) is 0 Å². The van der Waals surface area contributed by atoms with Crippen LogP contribution in [0.2, 0.25) is 0 Å². The Morgan fingerprint density at radius 1 is 1.40 bits per heavy atom. The second-order valence-corrected chi connectivity index (χ2v) is 4.36. The molecule has 0 bridgehead atoms. The average Bonchev–Trinajstić information content (AvgIpc) is 2.46. The van der Waals surface area contributed by atoms with Crippen LogP contribution < -0.4 is 5.32 Å². The maximum atomic E-state index is 12.0. The summed E-state index contributed by atoms with van der Waals surface area (Å²) in [6.45, 7) is 1.66. The van der Waals surface area contributed by atoms with Crippen LogP contribution in [0, 0.1) is 17.2 Å². The van der Waals surface area contributed by atoms with E-state index in [2.05, 4.69) is 10.1 Å². The zero-order chi connectivity index (χ0) is 15.1. The molecule has 0 heterocycles. The Kier molecular flexibility index (Phi) is 5.54. The third-order valence-electron chi connectivity index (χ3n) is 2.73. The molecular formula is C14H16N2O4. The molecule has 0 aliphatic heterocycles. The first-order chi connectivity index (χ1) is 9.47. The van der Waals surface area contributed by atoms with Gasteiger partial charge in [-0.15, -0.1) is 0 Å². The van der Waals surface area contributed by atoms with Gasteiger partial charge in [0.1, 0.15) is 11.8 Å². The van der Waals surface area contributed by atoms with Crippen molar-refractivity contribution in [3.8, 4) is 11.8 Å². The van der Waals surface area contributed by atoms with Crippen molar-refractivity contribution in [1.29, 1.82) is 5.26 Å². The number of aromatic hydroxyl groups is 1. The van der Waals surface area contributed by atoms with Gasteiger partial charge in [-0.2, -0.15) is 5.26 Å². The second-order valence-electron chi connectivity index (χ2n) is 4.36. The Morgan fingerprint density at radius 3 is 2.50 bits per heavy atom. The van der Waals surface area contributed by atoms with Crippen molar-refractivity contribution in [1.82, 2.24) is 5.32 Å². The topological polar surface area (TPSA) is 99.4 Å². The third kappa shape index (κ3) is 4.28. The minimum atomic E-state index is -0.879. The molecule has 0 fully saturated rings. The van der Waals surface area contributed by atoms with Crippen molar-refractivity contribution in [3.63, 3.8) is 0 Å². The molecule has 0 spiro atoms. The number of ether oxygens (including phenoxy) is 1. The lowest BCUT2D eigenvalue weighted by atomic mass is 10.0. The smallest absolute Gasteiger partial charge is 0.328 e. The molecule has 0 aliphatic carbocycles. The molecule has 0 radical (unpaired) electrons. The molecule has 1 aromatic rings. The Labute approximate surface area is 117 Å². The zero-order valence-corrected chi connectivity index (χ0v) is 11.3. The molecule has 2 N–H and O–H groups in total. The molecule has 6 nitrogen and oxygen atoms in total. The van der Waals surface area contributed by atoms with Crippen LogP contribution in [0.5, 0.6) is 5.75 Å². The highest BCUT2D eigenvalue weighted by molar-refractivity contribution is 5.96. The van der Waals surface area contributed by atoms with Gasteiger partial charge >= 0.3 is 5.97 Å². The number of nitrogens with one attached hydrogen (secondary N) is 1. The molecule has 1 rings (SSSR count). The van der Waals surface area contributed by atoms with E-state index in [9.17, 15) is 9.59 Å². The summed E-state index contributed by atoms with van der Waals surface area (Å²) in [6, 6.07) is 6.75. The number of hydrogen-bond donors (Lipinski definition) is 2. The van der Waals surface area contributed by atoms with E-state index >= 15 is 0 Å². The molecule has 1 aromatic carbocycles. The van der Waals surface area contributed by atoms with Gasteiger partial charge in [0.15, 0.2) is 0 Å². The minimum absolute atomic E-state index is 0.0455. The number of benzene rings is 1. The summed E-state index contributed by atoms with van der Waals surface area (Å²) in [7, 11) is 1.22. The molecule has 1 amide bonds. The number of nitrogens with zero attached hydrogens (tertiary/aromatic N) is 1. The molecule has 2 atom stereocenters. The average molecular weight is 276 g/mol. The number of methoxy groups -OCH3 is 1. The van der Waals surface area contributed by atoms with E-state index in [-0.39, 0.29) is 18.1 Å². The van der Waals surface area contributed by atoms with Crippen LogP contribution in [0.4, 0.5) is 0 Å². The number of phenols is 1. The summed E-state index contributed by atoms with van der Waals surface area (Å²) in [4.78, 5) is 23.6. The highest BCUT2D eigenvalue weighted by Crippen LogP contribution is 2.11. The van der Waals surface area contributed by atoms with Gasteiger partial charge in [0.2, 0.25) is 0 Å². The van der Waals surface area contributed by atoms with E-state index in [1.165, 1.54) is 31.4 Å². The molecule has 0 unspecified atom stereocenters. The number of carbonyl (C=O) groups is 2. The van der Waals surface area contributed by atoms with E-state index in [1.54, 1.807) is 6.92 Å². The Hall–Kier alpha value is -2.55. The van der Waals surface area contributed by atoms with Crippen molar-refractivity contribution in [2.45, 2.75) is 19.4 Å². The largest absolute Gasteiger partial charge is 0.508 e. The van der Waals surface area contributed by atoms with Gasteiger partial charge < -0.3 is 15.2 Å². The first-order valence-electron chi connectivity index (χ1n) is 6.05. The number of rotatable bonds is 5. The fourth-order valence-electron chi connectivity index (χ4n) is 1.62. The van der Waals surface area contributed by atoms with Gasteiger partial charge in [0.05, 0.1) is 13.2 Å². The summed E-state index contributed by atoms with van der Waals surface area (Å²) < 4.78 is 4.61. The number of nitriles is 1. The maximum absolute atomic E-state index is 12.0. The summed E-state index contributed by atoms with van der Waals surface area (Å²) in [5.74, 6) is -1.41. The van der Waals surface area contributed by atoms with E-state index < -0.39 is 17.9 Å².